The Labute approximate surface area is 87.1 Å². The molecule has 0 radical (unpaired) electrons. The van der Waals surface area contributed by atoms with Gasteiger partial charge >= 0.3 is 0 Å². The van der Waals surface area contributed by atoms with Gasteiger partial charge in [-0.05, 0) is 31.6 Å². The second kappa shape index (κ2) is 5.13. The molecule has 2 saturated carbocycles. The van der Waals surface area contributed by atoms with E-state index in [1.54, 1.807) is 0 Å². The molecule has 0 amide bonds. The van der Waals surface area contributed by atoms with Crippen LogP contribution in [0, 0.1) is 5.92 Å². The molecule has 0 heterocycles. The molecule has 0 aromatic rings. The Morgan fingerprint density at radius 2 is 1.71 bits per heavy atom. The maximum absolute atomic E-state index is 9.68. The van der Waals surface area contributed by atoms with Gasteiger partial charge in [0.2, 0.25) is 0 Å². The van der Waals surface area contributed by atoms with E-state index in [-0.39, 0.29) is 6.10 Å². The van der Waals surface area contributed by atoms with Crippen LogP contribution in [0.15, 0.2) is 0 Å². The number of nitrogens with one attached hydrogen (secondary N) is 1. The summed E-state index contributed by atoms with van der Waals surface area (Å²) in [5.74, 6) is 0.539. The van der Waals surface area contributed by atoms with E-state index in [1.807, 2.05) is 0 Å². The first kappa shape index (κ1) is 10.4. The van der Waals surface area contributed by atoms with Gasteiger partial charge in [0.1, 0.15) is 0 Å². The van der Waals surface area contributed by atoms with Crippen molar-refractivity contribution in [2.75, 3.05) is 6.54 Å². The van der Waals surface area contributed by atoms with Crippen molar-refractivity contribution in [1.82, 2.24) is 5.32 Å². The SMILES string of the molecule is O[C@H]1CCC[C@H]1CNC1CCCCC1. The van der Waals surface area contributed by atoms with Crippen molar-refractivity contribution in [3.05, 3.63) is 0 Å². The zero-order valence-electron chi connectivity index (χ0n) is 9.04. The first-order valence-corrected chi connectivity index (χ1v) is 6.28. The van der Waals surface area contributed by atoms with Gasteiger partial charge in [-0.25, -0.2) is 0 Å². The summed E-state index contributed by atoms with van der Waals surface area (Å²) >= 11 is 0. The summed E-state index contributed by atoms with van der Waals surface area (Å²) in [6.07, 6.45) is 10.4. The Balaban J connectivity index is 1.65. The molecular formula is C12H23NO. The minimum atomic E-state index is -0.0221. The van der Waals surface area contributed by atoms with Crippen LogP contribution in [0.3, 0.4) is 0 Å². The van der Waals surface area contributed by atoms with E-state index in [0.29, 0.717) is 5.92 Å². The minimum absolute atomic E-state index is 0.0221. The van der Waals surface area contributed by atoms with Crippen molar-refractivity contribution >= 4 is 0 Å². The lowest BCUT2D eigenvalue weighted by Gasteiger charge is -2.25. The predicted molar refractivity (Wildman–Crippen MR) is 58.2 cm³/mol. The highest BCUT2D eigenvalue weighted by molar-refractivity contribution is 4.80. The standard InChI is InChI=1S/C12H23NO/c14-12-8-4-5-10(12)9-13-11-6-2-1-3-7-11/h10-14H,1-9H2/t10-,12-/m0/s1. The van der Waals surface area contributed by atoms with Crippen molar-refractivity contribution in [2.45, 2.75) is 63.5 Å². The number of hydrogen-bond donors (Lipinski definition) is 2. The normalized spacial score (nSPS) is 34.9. The van der Waals surface area contributed by atoms with Crippen molar-refractivity contribution in [1.29, 1.82) is 0 Å². The van der Waals surface area contributed by atoms with Gasteiger partial charge in [-0.2, -0.15) is 0 Å². The van der Waals surface area contributed by atoms with Gasteiger partial charge < -0.3 is 10.4 Å². The van der Waals surface area contributed by atoms with Crippen molar-refractivity contribution in [2.24, 2.45) is 5.92 Å². The molecule has 0 bridgehead atoms. The van der Waals surface area contributed by atoms with Gasteiger partial charge in [-0.1, -0.05) is 25.7 Å². The zero-order valence-corrected chi connectivity index (χ0v) is 9.04. The Hall–Kier alpha value is -0.0800. The third-order valence-electron chi connectivity index (χ3n) is 3.89. The molecule has 0 aromatic heterocycles. The first-order chi connectivity index (χ1) is 6.86. The fourth-order valence-electron chi connectivity index (χ4n) is 2.88. The maximum Gasteiger partial charge on any atom is 0.0580 e. The van der Waals surface area contributed by atoms with Crippen LogP contribution in [0.4, 0.5) is 0 Å². The molecule has 2 fully saturated rings. The summed E-state index contributed by atoms with van der Waals surface area (Å²) in [7, 11) is 0. The molecular weight excluding hydrogens is 174 g/mol. The molecule has 2 rings (SSSR count). The molecule has 2 heteroatoms. The quantitative estimate of drug-likeness (QED) is 0.726. The van der Waals surface area contributed by atoms with Gasteiger partial charge in [0.05, 0.1) is 6.10 Å². The second-order valence-corrected chi connectivity index (χ2v) is 5.00. The van der Waals surface area contributed by atoms with Crippen LogP contribution < -0.4 is 5.32 Å². The van der Waals surface area contributed by atoms with E-state index in [2.05, 4.69) is 5.32 Å². The van der Waals surface area contributed by atoms with Crippen LogP contribution >= 0.6 is 0 Å². The Morgan fingerprint density at radius 1 is 0.929 bits per heavy atom. The number of aliphatic hydroxyl groups is 1. The zero-order chi connectivity index (χ0) is 9.80. The van der Waals surface area contributed by atoms with Crippen LogP contribution in [0.2, 0.25) is 0 Å². The van der Waals surface area contributed by atoms with Gasteiger partial charge in [0, 0.05) is 12.6 Å². The molecule has 2 atom stereocenters. The number of rotatable bonds is 3. The molecule has 2 N–H and O–H groups in total. The summed E-state index contributed by atoms with van der Waals surface area (Å²) in [4.78, 5) is 0. The third kappa shape index (κ3) is 2.71. The highest BCUT2D eigenvalue weighted by Gasteiger charge is 2.25. The summed E-state index contributed by atoms with van der Waals surface area (Å²) in [5, 5.41) is 13.3. The highest BCUT2D eigenvalue weighted by Crippen LogP contribution is 2.25. The van der Waals surface area contributed by atoms with E-state index < -0.39 is 0 Å². The number of aliphatic hydroxyl groups excluding tert-OH is 1. The molecule has 0 aromatic carbocycles. The monoisotopic (exact) mass is 197 g/mol. The fraction of sp³-hybridized carbons (Fsp3) is 1.00. The van der Waals surface area contributed by atoms with Crippen LogP contribution in [-0.2, 0) is 0 Å². The molecule has 2 aliphatic carbocycles. The molecule has 0 spiro atoms. The Morgan fingerprint density at radius 3 is 2.36 bits per heavy atom. The molecule has 2 nitrogen and oxygen atoms in total. The van der Waals surface area contributed by atoms with Crippen LogP contribution in [0.5, 0.6) is 0 Å². The summed E-state index contributed by atoms with van der Waals surface area (Å²) in [6, 6.07) is 0.747. The summed E-state index contributed by atoms with van der Waals surface area (Å²) < 4.78 is 0. The average Bonchev–Trinajstić information content (AvgIpc) is 2.63. The van der Waals surface area contributed by atoms with Crippen LogP contribution in [-0.4, -0.2) is 23.8 Å². The predicted octanol–water partition coefficient (Wildman–Crippen LogP) is 2.07. The van der Waals surface area contributed by atoms with Crippen molar-refractivity contribution < 1.29 is 5.11 Å². The van der Waals surface area contributed by atoms with E-state index >= 15 is 0 Å². The lowest BCUT2D eigenvalue weighted by Crippen LogP contribution is -2.36. The van der Waals surface area contributed by atoms with Gasteiger partial charge in [-0.15, -0.1) is 0 Å². The lowest BCUT2D eigenvalue weighted by atomic mass is 9.95. The molecule has 14 heavy (non-hydrogen) atoms. The van der Waals surface area contributed by atoms with Crippen molar-refractivity contribution in [3.8, 4) is 0 Å². The summed E-state index contributed by atoms with van der Waals surface area (Å²) in [5.41, 5.74) is 0. The fourth-order valence-corrected chi connectivity index (χ4v) is 2.88. The van der Waals surface area contributed by atoms with E-state index in [1.165, 1.54) is 44.9 Å². The van der Waals surface area contributed by atoms with Gasteiger partial charge in [-0.3, -0.25) is 0 Å². The average molecular weight is 197 g/mol. The highest BCUT2D eigenvalue weighted by atomic mass is 16.3. The Bertz CT molecular complexity index is 166. The Kier molecular flexibility index (Phi) is 3.82. The molecule has 0 aliphatic heterocycles. The third-order valence-corrected chi connectivity index (χ3v) is 3.89. The van der Waals surface area contributed by atoms with E-state index in [4.69, 9.17) is 0 Å². The van der Waals surface area contributed by atoms with Crippen LogP contribution in [0.25, 0.3) is 0 Å². The van der Waals surface area contributed by atoms with Gasteiger partial charge in [0.25, 0.3) is 0 Å². The largest absolute Gasteiger partial charge is 0.393 e. The second-order valence-electron chi connectivity index (χ2n) is 5.00. The first-order valence-electron chi connectivity index (χ1n) is 6.28. The maximum atomic E-state index is 9.68. The lowest BCUT2D eigenvalue weighted by molar-refractivity contribution is 0.128. The minimum Gasteiger partial charge on any atom is -0.393 e. The summed E-state index contributed by atoms with van der Waals surface area (Å²) in [6.45, 7) is 1.05. The molecule has 82 valence electrons. The molecule has 0 unspecified atom stereocenters. The van der Waals surface area contributed by atoms with E-state index in [9.17, 15) is 5.11 Å². The van der Waals surface area contributed by atoms with Gasteiger partial charge in [0.15, 0.2) is 0 Å². The molecule has 0 saturated heterocycles. The molecule has 2 aliphatic rings. The van der Waals surface area contributed by atoms with E-state index in [0.717, 1.165) is 19.0 Å². The van der Waals surface area contributed by atoms with Crippen molar-refractivity contribution in [3.63, 3.8) is 0 Å². The van der Waals surface area contributed by atoms with Crippen LogP contribution in [0.1, 0.15) is 51.4 Å². The number of hydrogen-bond acceptors (Lipinski definition) is 2. The topological polar surface area (TPSA) is 32.3 Å². The smallest absolute Gasteiger partial charge is 0.0580 e.